The predicted molar refractivity (Wildman–Crippen MR) is 90.4 cm³/mol. The van der Waals surface area contributed by atoms with Crippen molar-refractivity contribution in [2.75, 3.05) is 31.2 Å². The lowest BCUT2D eigenvalue weighted by atomic mass is 10.2. The Bertz CT molecular complexity index is 505. The number of nitrogens with zero attached hydrogens (tertiary/aromatic N) is 1. The highest BCUT2D eigenvalue weighted by Crippen LogP contribution is 2.24. The third kappa shape index (κ3) is 5.81. The standard InChI is InChI=1S/C15H23N3O3.ClH/c1-4-18(5-2)15(20)9-8-14(19)17-13-10-11(21-3)6-7-12(13)16;/h6-7,10H,4-5,8-9,16H2,1-3H3,(H,17,19);1H. The van der Waals surface area contributed by atoms with Gasteiger partial charge in [0.15, 0.2) is 0 Å². The van der Waals surface area contributed by atoms with Gasteiger partial charge in [0.1, 0.15) is 5.75 Å². The van der Waals surface area contributed by atoms with Crippen molar-refractivity contribution in [3.63, 3.8) is 0 Å². The number of hydrogen-bond acceptors (Lipinski definition) is 4. The van der Waals surface area contributed by atoms with Gasteiger partial charge < -0.3 is 20.7 Å². The third-order valence-corrected chi connectivity index (χ3v) is 3.22. The van der Waals surface area contributed by atoms with Crippen molar-refractivity contribution < 1.29 is 14.3 Å². The molecule has 0 radical (unpaired) electrons. The molecule has 0 aliphatic rings. The second-order valence-electron chi connectivity index (χ2n) is 4.57. The lowest BCUT2D eigenvalue weighted by Crippen LogP contribution is -2.31. The molecule has 1 aromatic carbocycles. The van der Waals surface area contributed by atoms with Crippen LogP contribution in [-0.2, 0) is 9.59 Å². The molecule has 0 aromatic heterocycles. The van der Waals surface area contributed by atoms with Gasteiger partial charge in [-0.15, -0.1) is 12.4 Å². The van der Waals surface area contributed by atoms with Crippen molar-refractivity contribution >= 4 is 35.6 Å². The second kappa shape index (κ2) is 9.89. The molecule has 0 saturated carbocycles. The van der Waals surface area contributed by atoms with Crippen molar-refractivity contribution in [2.24, 2.45) is 0 Å². The quantitative estimate of drug-likeness (QED) is 0.752. The fourth-order valence-corrected chi connectivity index (χ4v) is 1.94. The van der Waals surface area contributed by atoms with Gasteiger partial charge in [-0.05, 0) is 26.0 Å². The minimum Gasteiger partial charge on any atom is -0.497 e. The Morgan fingerprint density at radius 3 is 2.41 bits per heavy atom. The summed E-state index contributed by atoms with van der Waals surface area (Å²) < 4.78 is 5.08. The largest absolute Gasteiger partial charge is 0.497 e. The van der Waals surface area contributed by atoms with Crippen LogP contribution in [0.25, 0.3) is 0 Å². The van der Waals surface area contributed by atoms with Crippen molar-refractivity contribution in [3.05, 3.63) is 18.2 Å². The summed E-state index contributed by atoms with van der Waals surface area (Å²) >= 11 is 0. The van der Waals surface area contributed by atoms with Gasteiger partial charge in [0, 0.05) is 32.0 Å². The van der Waals surface area contributed by atoms with Crippen LogP contribution in [-0.4, -0.2) is 36.9 Å². The van der Waals surface area contributed by atoms with Crippen LogP contribution in [0.4, 0.5) is 11.4 Å². The molecule has 0 aliphatic heterocycles. The summed E-state index contributed by atoms with van der Waals surface area (Å²) in [5.74, 6) is 0.350. The van der Waals surface area contributed by atoms with Gasteiger partial charge in [-0.3, -0.25) is 9.59 Å². The van der Waals surface area contributed by atoms with Crippen molar-refractivity contribution in [1.29, 1.82) is 0 Å². The molecule has 22 heavy (non-hydrogen) atoms. The minimum absolute atomic E-state index is 0. The molecule has 0 atom stereocenters. The molecular weight excluding hydrogens is 306 g/mol. The van der Waals surface area contributed by atoms with E-state index in [0.29, 0.717) is 30.2 Å². The molecule has 0 heterocycles. The molecule has 1 aromatic rings. The molecule has 7 heteroatoms. The van der Waals surface area contributed by atoms with E-state index in [4.69, 9.17) is 10.5 Å². The highest BCUT2D eigenvalue weighted by Gasteiger charge is 2.13. The first-order valence-corrected chi connectivity index (χ1v) is 7.02. The minimum atomic E-state index is -0.240. The summed E-state index contributed by atoms with van der Waals surface area (Å²) in [6, 6.07) is 5.03. The van der Waals surface area contributed by atoms with E-state index in [9.17, 15) is 9.59 Å². The average molecular weight is 330 g/mol. The summed E-state index contributed by atoms with van der Waals surface area (Å²) in [5, 5.41) is 2.70. The highest BCUT2D eigenvalue weighted by molar-refractivity contribution is 5.95. The van der Waals surface area contributed by atoms with Crippen LogP contribution in [0.1, 0.15) is 26.7 Å². The molecule has 6 nitrogen and oxygen atoms in total. The van der Waals surface area contributed by atoms with Crippen LogP contribution in [0.15, 0.2) is 18.2 Å². The van der Waals surface area contributed by atoms with E-state index < -0.39 is 0 Å². The van der Waals surface area contributed by atoms with Gasteiger partial charge in [-0.1, -0.05) is 0 Å². The highest BCUT2D eigenvalue weighted by atomic mass is 35.5. The molecule has 0 bridgehead atoms. The van der Waals surface area contributed by atoms with Crippen LogP contribution in [0, 0.1) is 0 Å². The van der Waals surface area contributed by atoms with Crippen molar-refractivity contribution in [2.45, 2.75) is 26.7 Å². The zero-order valence-corrected chi connectivity index (χ0v) is 14.0. The molecule has 2 amide bonds. The van der Waals surface area contributed by atoms with E-state index in [0.717, 1.165) is 0 Å². The van der Waals surface area contributed by atoms with Crippen LogP contribution in [0.3, 0.4) is 0 Å². The first-order chi connectivity index (χ1) is 10.0. The number of carbonyl (C=O) groups excluding carboxylic acids is 2. The number of carbonyl (C=O) groups is 2. The van der Waals surface area contributed by atoms with Gasteiger partial charge in [0.2, 0.25) is 11.8 Å². The normalized spacial score (nSPS) is 9.59. The fraction of sp³-hybridized carbons (Fsp3) is 0.467. The van der Waals surface area contributed by atoms with Crippen LogP contribution in [0.5, 0.6) is 5.75 Å². The number of anilines is 2. The number of methoxy groups -OCH3 is 1. The monoisotopic (exact) mass is 329 g/mol. The number of rotatable bonds is 7. The Morgan fingerprint density at radius 2 is 1.86 bits per heavy atom. The van der Waals surface area contributed by atoms with Gasteiger partial charge in [0.05, 0.1) is 18.5 Å². The van der Waals surface area contributed by atoms with E-state index in [-0.39, 0.29) is 37.1 Å². The Kier molecular flexibility index (Phi) is 9.01. The molecule has 3 N–H and O–H groups in total. The number of nitrogen functional groups attached to an aromatic ring is 1. The van der Waals surface area contributed by atoms with Gasteiger partial charge >= 0.3 is 0 Å². The van der Waals surface area contributed by atoms with Crippen molar-refractivity contribution in [1.82, 2.24) is 4.90 Å². The topological polar surface area (TPSA) is 84.7 Å². The predicted octanol–water partition coefficient (Wildman–Crippen LogP) is 2.29. The number of nitrogens with two attached hydrogens (primary N) is 1. The smallest absolute Gasteiger partial charge is 0.224 e. The third-order valence-electron chi connectivity index (χ3n) is 3.22. The lowest BCUT2D eigenvalue weighted by molar-refractivity contribution is -0.132. The molecule has 0 saturated heterocycles. The molecule has 0 spiro atoms. The van der Waals surface area contributed by atoms with Crippen molar-refractivity contribution in [3.8, 4) is 5.75 Å². The van der Waals surface area contributed by atoms with Crippen LogP contribution < -0.4 is 15.8 Å². The average Bonchev–Trinajstić information content (AvgIpc) is 2.48. The summed E-state index contributed by atoms with van der Waals surface area (Å²) in [5.41, 5.74) is 6.75. The molecule has 0 aliphatic carbocycles. The van der Waals surface area contributed by atoms with E-state index in [1.165, 1.54) is 0 Å². The SMILES string of the molecule is CCN(CC)C(=O)CCC(=O)Nc1cc(OC)ccc1N.Cl. The van der Waals surface area contributed by atoms with Crippen LogP contribution >= 0.6 is 12.4 Å². The number of hydrogen-bond donors (Lipinski definition) is 2. The van der Waals surface area contributed by atoms with Gasteiger partial charge in [0.25, 0.3) is 0 Å². The maximum atomic E-state index is 11.9. The molecule has 124 valence electrons. The molecule has 0 fully saturated rings. The van der Waals surface area contributed by atoms with E-state index in [2.05, 4.69) is 5.32 Å². The number of benzene rings is 1. The molecule has 1 rings (SSSR count). The number of halogens is 1. The first kappa shape index (κ1) is 20.1. The first-order valence-electron chi connectivity index (χ1n) is 7.02. The fourth-order valence-electron chi connectivity index (χ4n) is 1.94. The maximum Gasteiger partial charge on any atom is 0.224 e. The lowest BCUT2D eigenvalue weighted by Gasteiger charge is -2.18. The zero-order valence-electron chi connectivity index (χ0n) is 13.2. The van der Waals surface area contributed by atoms with E-state index >= 15 is 0 Å². The Labute approximate surface area is 137 Å². The molecule has 0 unspecified atom stereocenters. The summed E-state index contributed by atoms with van der Waals surface area (Å²) in [6.07, 6.45) is 0.323. The van der Waals surface area contributed by atoms with Gasteiger partial charge in [-0.2, -0.15) is 0 Å². The summed E-state index contributed by atoms with van der Waals surface area (Å²) in [6.45, 7) is 5.14. The zero-order chi connectivity index (χ0) is 15.8. The summed E-state index contributed by atoms with van der Waals surface area (Å²) in [4.78, 5) is 25.4. The Morgan fingerprint density at radius 1 is 1.23 bits per heavy atom. The second-order valence-corrected chi connectivity index (χ2v) is 4.57. The van der Waals surface area contributed by atoms with E-state index in [1.807, 2.05) is 13.8 Å². The Hall–Kier alpha value is -1.95. The van der Waals surface area contributed by atoms with E-state index in [1.54, 1.807) is 30.2 Å². The molecular formula is C15H24ClN3O3. The number of nitrogens with one attached hydrogen (secondary N) is 1. The number of ether oxygens (including phenoxy) is 1. The number of amides is 2. The maximum absolute atomic E-state index is 11.9. The Balaban J connectivity index is 0.00000441. The van der Waals surface area contributed by atoms with Gasteiger partial charge in [-0.25, -0.2) is 0 Å². The summed E-state index contributed by atoms with van der Waals surface area (Å²) in [7, 11) is 1.54. The van der Waals surface area contributed by atoms with Crippen LogP contribution in [0.2, 0.25) is 0 Å².